The molecule has 0 aromatic heterocycles. The number of hydrogen-bond donors (Lipinski definition) is 2. The highest BCUT2D eigenvalue weighted by atomic mass is 127. The molecule has 0 unspecified atom stereocenters. The van der Waals surface area contributed by atoms with Gasteiger partial charge in [0, 0.05) is 18.5 Å². The number of rotatable bonds is 6. The fraction of sp³-hybridized carbons (Fsp3) is 0.471. The first-order chi connectivity index (χ1) is 9.49. The van der Waals surface area contributed by atoms with Gasteiger partial charge in [-0.3, -0.25) is 4.99 Å². The topological polar surface area (TPSA) is 36.4 Å². The Bertz CT molecular complexity index is 450. The fourth-order valence-corrected chi connectivity index (χ4v) is 1.88. The highest BCUT2D eigenvalue weighted by Gasteiger charge is 2.20. The van der Waals surface area contributed by atoms with Gasteiger partial charge >= 0.3 is 0 Å². The van der Waals surface area contributed by atoms with Crippen LogP contribution in [0, 0.1) is 6.92 Å². The first-order valence-electron chi connectivity index (χ1n) is 7.20. The fourth-order valence-electron chi connectivity index (χ4n) is 1.88. The van der Waals surface area contributed by atoms with Gasteiger partial charge in [-0.05, 0) is 19.4 Å². The van der Waals surface area contributed by atoms with Gasteiger partial charge in [0.25, 0.3) is 0 Å². The van der Waals surface area contributed by atoms with E-state index in [1.165, 1.54) is 11.1 Å². The molecule has 0 saturated carbocycles. The van der Waals surface area contributed by atoms with E-state index in [2.05, 4.69) is 74.2 Å². The molecule has 0 amide bonds. The quantitative estimate of drug-likeness (QED) is 0.331. The molecule has 1 aromatic rings. The number of guanidine groups is 1. The summed E-state index contributed by atoms with van der Waals surface area (Å²) in [5, 5.41) is 6.47. The van der Waals surface area contributed by atoms with E-state index in [0.717, 1.165) is 25.6 Å². The molecule has 1 aromatic carbocycles. The molecule has 0 heterocycles. The Balaban J connectivity index is 0.00000400. The lowest BCUT2D eigenvalue weighted by atomic mass is 9.84. The number of nitrogens with zero attached hydrogens (tertiary/aromatic N) is 1. The average Bonchev–Trinajstić information content (AvgIpc) is 2.42. The largest absolute Gasteiger partial charge is 0.357 e. The zero-order valence-electron chi connectivity index (χ0n) is 13.6. The molecule has 0 radical (unpaired) electrons. The van der Waals surface area contributed by atoms with Crippen molar-refractivity contribution in [3.8, 4) is 0 Å². The maximum Gasteiger partial charge on any atom is 0.191 e. The van der Waals surface area contributed by atoms with E-state index in [1.54, 1.807) is 0 Å². The van der Waals surface area contributed by atoms with Crippen LogP contribution in [0.2, 0.25) is 0 Å². The maximum absolute atomic E-state index is 4.67. The maximum atomic E-state index is 4.67. The van der Waals surface area contributed by atoms with Crippen molar-refractivity contribution in [1.29, 1.82) is 0 Å². The molecule has 4 heteroatoms. The molecular formula is C17H28IN3. The van der Waals surface area contributed by atoms with Crippen LogP contribution in [0.25, 0.3) is 0 Å². The molecule has 3 nitrogen and oxygen atoms in total. The Hall–Kier alpha value is -1.04. The summed E-state index contributed by atoms with van der Waals surface area (Å²) in [4.78, 5) is 4.67. The Morgan fingerprint density at radius 2 is 1.86 bits per heavy atom. The summed E-state index contributed by atoms with van der Waals surface area (Å²) in [7, 11) is 0. The lowest BCUT2D eigenvalue weighted by molar-refractivity contribution is 0.537. The van der Waals surface area contributed by atoms with Gasteiger partial charge < -0.3 is 10.6 Å². The first-order valence-corrected chi connectivity index (χ1v) is 7.20. The van der Waals surface area contributed by atoms with Crippen LogP contribution in [-0.2, 0) is 5.41 Å². The second-order valence-electron chi connectivity index (χ2n) is 5.61. The molecule has 0 bridgehead atoms. The molecule has 0 aliphatic heterocycles. The van der Waals surface area contributed by atoms with E-state index in [1.807, 2.05) is 6.08 Å². The van der Waals surface area contributed by atoms with Crippen molar-refractivity contribution < 1.29 is 0 Å². The average molecular weight is 401 g/mol. The molecule has 118 valence electrons. The van der Waals surface area contributed by atoms with Gasteiger partial charge in [-0.15, -0.1) is 30.6 Å². The number of aliphatic imine (C=N–C) groups is 1. The smallest absolute Gasteiger partial charge is 0.191 e. The molecule has 0 saturated heterocycles. The van der Waals surface area contributed by atoms with Crippen molar-refractivity contribution >= 4 is 29.9 Å². The lowest BCUT2D eigenvalue weighted by Crippen LogP contribution is -2.38. The Labute approximate surface area is 146 Å². The van der Waals surface area contributed by atoms with Crippen molar-refractivity contribution in [1.82, 2.24) is 10.6 Å². The van der Waals surface area contributed by atoms with Crippen molar-refractivity contribution in [2.75, 3.05) is 19.6 Å². The van der Waals surface area contributed by atoms with Crippen LogP contribution < -0.4 is 10.6 Å². The predicted octanol–water partition coefficient (Wildman–Crippen LogP) is 3.63. The van der Waals surface area contributed by atoms with Gasteiger partial charge in [0.05, 0.1) is 6.54 Å². The van der Waals surface area contributed by atoms with Gasteiger partial charge in [-0.1, -0.05) is 49.8 Å². The van der Waals surface area contributed by atoms with Crippen molar-refractivity contribution in [2.45, 2.75) is 33.1 Å². The molecule has 0 atom stereocenters. The molecule has 0 spiro atoms. The van der Waals surface area contributed by atoms with Crippen LogP contribution >= 0.6 is 24.0 Å². The van der Waals surface area contributed by atoms with Gasteiger partial charge in [0.15, 0.2) is 5.96 Å². The van der Waals surface area contributed by atoms with Gasteiger partial charge in [0.2, 0.25) is 0 Å². The number of nitrogens with one attached hydrogen (secondary N) is 2. The lowest BCUT2D eigenvalue weighted by Gasteiger charge is -2.24. The summed E-state index contributed by atoms with van der Waals surface area (Å²) in [5.41, 5.74) is 2.62. The summed E-state index contributed by atoms with van der Waals surface area (Å²) in [6, 6.07) is 8.69. The van der Waals surface area contributed by atoms with Crippen molar-refractivity contribution in [3.05, 3.63) is 48.0 Å². The highest BCUT2D eigenvalue weighted by Crippen LogP contribution is 2.23. The van der Waals surface area contributed by atoms with Crippen molar-refractivity contribution in [3.63, 3.8) is 0 Å². The van der Waals surface area contributed by atoms with E-state index < -0.39 is 0 Å². The van der Waals surface area contributed by atoms with Gasteiger partial charge in [-0.25, -0.2) is 0 Å². The summed E-state index contributed by atoms with van der Waals surface area (Å²) >= 11 is 0. The molecule has 0 aliphatic carbocycles. The first kappa shape index (κ1) is 20.0. The Kier molecular flexibility index (Phi) is 9.33. The second kappa shape index (κ2) is 9.82. The minimum absolute atomic E-state index is 0. The molecule has 21 heavy (non-hydrogen) atoms. The van der Waals surface area contributed by atoms with Gasteiger partial charge in [0.1, 0.15) is 0 Å². The molecule has 0 fully saturated rings. The monoisotopic (exact) mass is 401 g/mol. The Morgan fingerprint density at radius 3 is 2.38 bits per heavy atom. The SMILES string of the molecule is C=CCNC(=NCC(C)(C)c1ccc(C)cc1)NCC.I. The predicted molar refractivity (Wildman–Crippen MR) is 104 cm³/mol. The van der Waals surface area contributed by atoms with E-state index >= 15 is 0 Å². The van der Waals surface area contributed by atoms with Crippen LogP contribution in [0.1, 0.15) is 31.9 Å². The summed E-state index contributed by atoms with van der Waals surface area (Å²) in [6.45, 7) is 14.6. The third kappa shape index (κ3) is 6.98. The summed E-state index contributed by atoms with van der Waals surface area (Å²) in [6.07, 6.45) is 1.83. The van der Waals surface area contributed by atoms with Gasteiger partial charge in [-0.2, -0.15) is 0 Å². The van der Waals surface area contributed by atoms with Crippen LogP contribution in [0.4, 0.5) is 0 Å². The normalized spacial score (nSPS) is 11.5. The summed E-state index contributed by atoms with van der Waals surface area (Å²) in [5.74, 6) is 0.840. The van der Waals surface area contributed by atoms with Crippen LogP contribution in [0.5, 0.6) is 0 Å². The summed E-state index contributed by atoms with van der Waals surface area (Å²) < 4.78 is 0. The number of benzene rings is 1. The molecule has 1 rings (SSSR count). The zero-order chi connectivity index (χ0) is 15.0. The van der Waals surface area contributed by atoms with E-state index in [0.29, 0.717) is 0 Å². The molecule has 0 aliphatic rings. The number of aryl methyl sites for hydroxylation is 1. The minimum atomic E-state index is 0. The number of hydrogen-bond acceptors (Lipinski definition) is 1. The third-order valence-electron chi connectivity index (χ3n) is 3.22. The van der Waals surface area contributed by atoms with Crippen LogP contribution in [-0.4, -0.2) is 25.6 Å². The zero-order valence-corrected chi connectivity index (χ0v) is 15.9. The standard InChI is InChI=1S/C17H27N3.HI/c1-6-12-19-16(18-7-2)20-13-17(4,5)15-10-8-14(3)9-11-15;/h6,8-11H,1,7,12-13H2,2-5H3,(H2,18,19,20);1H. The third-order valence-corrected chi connectivity index (χ3v) is 3.22. The van der Waals surface area contributed by atoms with Crippen LogP contribution in [0.15, 0.2) is 41.9 Å². The Morgan fingerprint density at radius 1 is 1.24 bits per heavy atom. The molecule has 2 N–H and O–H groups in total. The molecular weight excluding hydrogens is 373 g/mol. The van der Waals surface area contributed by atoms with E-state index in [9.17, 15) is 0 Å². The second-order valence-corrected chi connectivity index (χ2v) is 5.61. The van der Waals surface area contributed by atoms with E-state index in [4.69, 9.17) is 0 Å². The van der Waals surface area contributed by atoms with Crippen LogP contribution in [0.3, 0.4) is 0 Å². The van der Waals surface area contributed by atoms with E-state index in [-0.39, 0.29) is 29.4 Å². The highest BCUT2D eigenvalue weighted by molar-refractivity contribution is 14.0. The minimum Gasteiger partial charge on any atom is -0.357 e. The van der Waals surface area contributed by atoms with Crippen molar-refractivity contribution in [2.24, 2.45) is 4.99 Å². The number of halogens is 1.